The maximum Gasteiger partial charge on any atom is 0.159 e. The van der Waals surface area contributed by atoms with Gasteiger partial charge >= 0.3 is 0 Å². The standard InChI is InChI=1S/C9H14N4O2/c1-8(2)6(10-14)5-7(12-15-11-5)9(3,4)13-8/h13-14H,1-4H3/b10-6-. The van der Waals surface area contributed by atoms with Crippen molar-refractivity contribution in [1.29, 1.82) is 0 Å². The van der Waals surface area contributed by atoms with Crippen molar-refractivity contribution >= 4 is 5.71 Å². The molecule has 0 radical (unpaired) electrons. The van der Waals surface area contributed by atoms with Crippen LogP contribution in [0, 0.1) is 0 Å². The van der Waals surface area contributed by atoms with Gasteiger partial charge in [0.25, 0.3) is 0 Å². The Morgan fingerprint density at radius 2 is 1.87 bits per heavy atom. The van der Waals surface area contributed by atoms with Crippen LogP contribution in [-0.4, -0.2) is 26.8 Å². The topological polar surface area (TPSA) is 83.5 Å². The molecule has 82 valence electrons. The van der Waals surface area contributed by atoms with Gasteiger partial charge in [0.15, 0.2) is 5.69 Å². The molecule has 0 unspecified atom stereocenters. The number of hydrogen-bond donors (Lipinski definition) is 2. The van der Waals surface area contributed by atoms with Gasteiger partial charge in [-0.1, -0.05) is 10.3 Å². The molecule has 1 aliphatic heterocycles. The number of nitrogens with zero attached hydrogens (tertiary/aromatic N) is 3. The number of aromatic nitrogens is 2. The SMILES string of the molecule is CC1(C)NC(C)(C)c2nonc2/C1=N/O. The molecule has 0 bridgehead atoms. The van der Waals surface area contributed by atoms with Gasteiger partial charge in [-0.3, -0.25) is 5.32 Å². The Labute approximate surface area is 87.3 Å². The maximum atomic E-state index is 9.00. The van der Waals surface area contributed by atoms with E-state index in [0.29, 0.717) is 17.1 Å². The average Bonchev–Trinajstić information content (AvgIpc) is 2.50. The molecule has 2 heterocycles. The van der Waals surface area contributed by atoms with E-state index in [1.165, 1.54) is 0 Å². The summed E-state index contributed by atoms with van der Waals surface area (Å²) in [4.78, 5) is 0. The van der Waals surface area contributed by atoms with Crippen LogP contribution in [0.2, 0.25) is 0 Å². The fraction of sp³-hybridized carbons (Fsp3) is 0.667. The number of hydrogen-bond acceptors (Lipinski definition) is 6. The number of nitrogens with one attached hydrogen (secondary N) is 1. The first-order chi connectivity index (χ1) is 6.88. The molecule has 1 aromatic rings. The molecule has 0 aliphatic carbocycles. The summed E-state index contributed by atoms with van der Waals surface area (Å²) >= 11 is 0. The molecular weight excluding hydrogens is 196 g/mol. The highest BCUT2D eigenvalue weighted by Crippen LogP contribution is 2.32. The summed E-state index contributed by atoms with van der Waals surface area (Å²) in [6.45, 7) is 7.79. The van der Waals surface area contributed by atoms with Crippen molar-refractivity contribution in [3.63, 3.8) is 0 Å². The second-order valence-corrected chi connectivity index (χ2v) is 4.79. The quantitative estimate of drug-likeness (QED) is 0.490. The normalized spacial score (nSPS) is 25.2. The molecule has 6 nitrogen and oxygen atoms in total. The first-order valence-electron chi connectivity index (χ1n) is 4.74. The molecular formula is C9H14N4O2. The highest BCUT2D eigenvalue weighted by Gasteiger charge is 2.45. The van der Waals surface area contributed by atoms with Gasteiger partial charge in [0.2, 0.25) is 0 Å². The smallest absolute Gasteiger partial charge is 0.159 e. The van der Waals surface area contributed by atoms with E-state index in [1.807, 2.05) is 27.7 Å². The summed E-state index contributed by atoms with van der Waals surface area (Å²) in [7, 11) is 0. The van der Waals surface area contributed by atoms with Gasteiger partial charge in [0.05, 0.1) is 11.1 Å². The van der Waals surface area contributed by atoms with E-state index in [9.17, 15) is 0 Å². The highest BCUT2D eigenvalue weighted by atomic mass is 16.6. The zero-order valence-electron chi connectivity index (χ0n) is 9.20. The minimum absolute atomic E-state index is 0.354. The van der Waals surface area contributed by atoms with Gasteiger partial charge in [-0.2, -0.15) is 0 Å². The Kier molecular flexibility index (Phi) is 1.88. The molecule has 0 fully saturated rings. The number of oxime groups is 1. The molecule has 15 heavy (non-hydrogen) atoms. The fourth-order valence-corrected chi connectivity index (χ4v) is 2.12. The van der Waals surface area contributed by atoms with E-state index in [-0.39, 0.29) is 5.54 Å². The third-order valence-corrected chi connectivity index (χ3v) is 2.62. The minimum Gasteiger partial charge on any atom is -0.411 e. The van der Waals surface area contributed by atoms with Crippen molar-refractivity contribution in [2.75, 3.05) is 0 Å². The van der Waals surface area contributed by atoms with E-state index in [0.717, 1.165) is 0 Å². The lowest BCUT2D eigenvalue weighted by Crippen LogP contribution is -2.59. The number of fused-ring (bicyclic) bond motifs is 1. The van der Waals surface area contributed by atoms with Crippen LogP contribution in [0.25, 0.3) is 0 Å². The summed E-state index contributed by atoms with van der Waals surface area (Å²) in [5.74, 6) is 0. The molecule has 0 spiro atoms. The molecule has 2 rings (SSSR count). The predicted molar refractivity (Wildman–Crippen MR) is 52.9 cm³/mol. The van der Waals surface area contributed by atoms with Crippen molar-refractivity contribution in [2.24, 2.45) is 5.16 Å². The van der Waals surface area contributed by atoms with Crippen LogP contribution >= 0.6 is 0 Å². The molecule has 2 N–H and O–H groups in total. The molecule has 1 aliphatic rings. The Morgan fingerprint density at radius 1 is 1.20 bits per heavy atom. The zero-order valence-corrected chi connectivity index (χ0v) is 9.20. The van der Waals surface area contributed by atoms with E-state index < -0.39 is 5.54 Å². The molecule has 0 amide bonds. The van der Waals surface area contributed by atoms with Crippen molar-refractivity contribution in [3.05, 3.63) is 11.4 Å². The lowest BCUT2D eigenvalue weighted by molar-refractivity contribution is 0.267. The van der Waals surface area contributed by atoms with E-state index in [2.05, 4.69) is 20.8 Å². The summed E-state index contributed by atoms with van der Waals surface area (Å²) in [5, 5.41) is 23.2. The van der Waals surface area contributed by atoms with Crippen molar-refractivity contribution in [1.82, 2.24) is 15.6 Å². The maximum absolute atomic E-state index is 9.00. The second-order valence-electron chi connectivity index (χ2n) is 4.79. The van der Waals surface area contributed by atoms with Crippen molar-refractivity contribution < 1.29 is 9.84 Å². The van der Waals surface area contributed by atoms with Crippen LogP contribution in [0.4, 0.5) is 0 Å². The molecule has 1 aromatic heterocycles. The van der Waals surface area contributed by atoms with Crippen LogP contribution in [-0.2, 0) is 5.54 Å². The van der Waals surface area contributed by atoms with Crippen molar-refractivity contribution in [2.45, 2.75) is 38.8 Å². The average molecular weight is 210 g/mol. The molecule has 0 saturated carbocycles. The van der Waals surface area contributed by atoms with E-state index in [4.69, 9.17) is 9.84 Å². The van der Waals surface area contributed by atoms with Gasteiger partial charge in [-0.05, 0) is 32.9 Å². The van der Waals surface area contributed by atoms with Gasteiger partial charge in [0, 0.05) is 0 Å². The minimum atomic E-state index is -0.468. The Hall–Kier alpha value is -1.43. The van der Waals surface area contributed by atoms with Gasteiger partial charge < -0.3 is 5.21 Å². The fourth-order valence-electron chi connectivity index (χ4n) is 2.12. The third kappa shape index (κ3) is 1.32. The Bertz CT molecular complexity index is 420. The van der Waals surface area contributed by atoms with Gasteiger partial charge in [-0.25, -0.2) is 4.63 Å². The largest absolute Gasteiger partial charge is 0.411 e. The van der Waals surface area contributed by atoms with Crippen LogP contribution in [0.5, 0.6) is 0 Å². The monoisotopic (exact) mass is 210 g/mol. The third-order valence-electron chi connectivity index (χ3n) is 2.62. The summed E-state index contributed by atoms with van der Waals surface area (Å²) in [5.41, 5.74) is 0.801. The van der Waals surface area contributed by atoms with Gasteiger partial charge in [0.1, 0.15) is 11.4 Å². The Morgan fingerprint density at radius 3 is 2.47 bits per heavy atom. The first-order valence-corrected chi connectivity index (χ1v) is 4.74. The van der Waals surface area contributed by atoms with Crippen LogP contribution in [0.3, 0.4) is 0 Å². The lowest BCUT2D eigenvalue weighted by Gasteiger charge is -2.40. The summed E-state index contributed by atoms with van der Waals surface area (Å²) in [6, 6.07) is 0. The Balaban J connectivity index is 2.66. The molecule has 0 saturated heterocycles. The first kappa shape index (κ1) is 10.1. The molecule has 0 atom stereocenters. The zero-order chi connectivity index (χ0) is 11.3. The molecule has 6 heteroatoms. The number of rotatable bonds is 0. The lowest BCUT2D eigenvalue weighted by atomic mass is 9.82. The highest BCUT2D eigenvalue weighted by molar-refractivity contribution is 6.07. The van der Waals surface area contributed by atoms with E-state index in [1.54, 1.807) is 0 Å². The van der Waals surface area contributed by atoms with Crippen molar-refractivity contribution in [3.8, 4) is 0 Å². The summed E-state index contributed by atoms with van der Waals surface area (Å²) < 4.78 is 4.70. The van der Waals surface area contributed by atoms with E-state index >= 15 is 0 Å². The second kappa shape index (κ2) is 2.79. The molecule has 0 aromatic carbocycles. The van der Waals surface area contributed by atoms with Crippen LogP contribution in [0.15, 0.2) is 9.78 Å². The predicted octanol–water partition coefficient (Wildman–Crippen LogP) is 0.865. The summed E-state index contributed by atoms with van der Waals surface area (Å²) in [6.07, 6.45) is 0. The van der Waals surface area contributed by atoms with Crippen LogP contribution < -0.4 is 5.32 Å². The van der Waals surface area contributed by atoms with Gasteiger partial charge in [-0.15, -0.1) is 0 Å². The van der Waals surface area contributed by atoms with Crippen LogP contribution in [0.1, 0.15) is 39.1 Å².